The van der Waals surface area contributed by atoms with E-state index < -0.39 is 58.3 Å². The molecule has 220 valence electrons. The van der Waals surface area contributed by atoms with Gasteiger partial charge in [0.15, 0.2) is 5.69 Å². The standard InChI is InChI=1S/C27H17ClF7N3O4/c28-20-12-17(7-10-21(20)29)38-23(26(30,31)32)19(13-36-38)24(39)37-22(25(40)41)11-14-1-3-15(4-2-14)16-5-8-18(9-6-16)42-27(33,34)35/h1-10,12-13,22H,11H2,(H,37,39)(H,40,41)/t22-/m0/s1. The van der Waals surface area contributed by atoms with Crippen molar-refractivity contribution in [1.29, 1.82) is 0 Å². The van der Waals surface area contributed by atoms with E-state index in [2.05, 4.69) is 15.2 Å². The third-order valence-corrected chi connectivity index (χ3v) is 6.14. The highest BCUT2D eigenvalue weighted by Gasteiger charge is 2.41. The molecule has 42 heavy (non-hydrogen) atoms. The van der Waals surface area contributed by atoms with Crippen LogP contribution in [0.25, 0.3) is 16.8 Å². The first-order valence-corrected chi connectivity index (χ1v) is 12.1. The maximum atomic E-state index is 14.0. The first-order chi connectivity index (χ1) is 19.6. The van der Waals surface area contributed by atoms with Crippen molar-refractivity contribution in [3.8, 4) is 22.6 Å². The van der Waals surface area contributed by atoms with Crippen LogP contribution in [0.3, 0.4) is 0 Å². The van der Waals surface area contributed by atoms with Crippen molar-refractivity contribution < 1.29 is 50.2 Å². The zero-order valence-corrected chi connectivity index (χ0v) is 21.6. The fourth-order valence-corrected chi connectivity index (χ4v) is 4.13. The molecule has 1 heterocycles. The van der Waals surface area contributed by atoms with Crippen LogP contribution in [-0.4, -0.2) is 39.2 Å². The van der Waals surface area contributed by atoms with Gasteiger partial charge in [-0.1, -0.05) is 48.0 Å². The van der Waals surface area contributed by atoms with Gasteiger partial charge >= 0.3 is 18.5 Å². The van der Waals surface area contributed by atoms with Crippen LogP contribution < -0.4 is 10.1 Å². The highest BCUT2D eigenvalue weighted by atomic mass is 35.5. The Bertz CT molecular complexity index is 1600. The molecule has 0 saturated heterocycles. The number of benzene rings is 3. The lowest BCUT2D eigenvalue weighted by Crippen LogP contribution is -2.42. The molecule has 1 atom stereocenters. The topological polar surface area (TPSA) is 93.4 Å². The van der Waals surface area contributed by atoms with E-state index in [1.54, 1.807) is 12.1 Å². The number of carbonyl (C=O) groups excluding carboxylic acids is 1. The first kappa shape index (κ1) is 30.4. The molecule has 0 spiro atoms. The summed E-state index contributed by atoms with van der Waals surface area (Å²) in [5, 5.41) is 14.8. The molecular weight excluding hydrogens is 599 g/mol. The normalized spacial score (nSPS) is 12.6. The van der Waals surface area contributed by atoms with Crippen molar-refractivity contribution >= 4 is 23.5 Å². The Hall–Kier alpha value is -4.59. The molecule has 0 saturated carbocycles. The van der Waals surface area contributed by atoms with E-state index in [0.717, 1.165) is 30.3 Å². The SMILES string of the molecule is O=C(N[C@@H](Cc1ccc(-c2ccc(OC(F)(F)F)cc2)cc1)C(=O)O)c1cnn(-c2ccc(F)c(Cl)c2)c1C(F)(F)F. The number of aromatic nitrogens is 2. The summed E-state index contributed by atoms with van der Waals surface area (Å²) < 4.78 is 96.6. The smallest absolute Gasteiger partial charge is 0.480 e. The summed E-state index contributed by atoms with van der Waals surface area (Å²) >= 11 is 5.67. The number of carboxylic acid groups (broad SMARTS) is 1. The molecule has 0 aliphatic rings. The molecule has 0 bridgehead atoms. The minimum Gasteiger partial charge on any atom is -0.480 e. The molecule has 0 fully saturated rings. The van der Waals surface area contributed by atoms with E-state index in [4.69, 9.17) is 11.6 Å². The van der Waals surface area contributed by atoms with Crippen LogP contribution in [0, 0.1) is 5.82 Å². The Kier molecular flexibility index (Phi) is 8.48. The predicted octanol–water partition coefficient (Wildman–Crippen LogP) is 6.67. The molecule has 0 aliphatic carbocycles. The number of hydrogen-bond donors (Lipinski definition) is 2. The van der Waals surface area contributed by atoms with Crippen LogP contribution in [0.5, 0.6) is 5.75 Å². The van der Waals surface area contributed by atoms with Crippen molar-refractivity contribution in [2.75, 3.05) is 0 Å². The monoisotopic (exact) mass is 615 g/mol. The van der Waals surface area contributed by atoms with Gasteiger partial charge in [0.25, 0.3) is 5.91 Å². The second-order valence-electron chi connectivity index (χ2n) is 8.75. The second kappa shape index (κ2) is 11.7. The molecule has 15 heteroatoms. The largest absolute Gasteiger partial charge is 0.573 e. The molecule has 1 aromatic heterocycles. The average Bonchev–Trinajstić information content (AvgIpc) is 3.36. The zero-order chi connectivity index (χ0) is 30.8. The van der Waals surface area contributed by atoms with E-state index >= 15 is 0 Å². The van der Waals surface area contributed by atoms with E-state index in [1.807, 2.05) is 0 Å². The molecule has 7 nitrogen and oxygen atoms in total. The maximum absolute atomic E-state index is 14.0. The van der Waals surface area contributed by atoms with Gasteiger partial charge in [-0.3, -0.25) is 4.79 Å². The Morgan fingerprint density at radius 2 is 1.55 bits per heavy atom. The highest BCUT2D eigenvalue weighted by Crippen LogP contribution is 2.34. The van der Waals surface area contributed by atoms with Gasteiger partial charge < -0.3 is 15.2 Å². The molecule has 0 aliphatic heterocycles. The minimum absolute atomic E-state index is 0.287. The van der Waals surface area contributed by atoms with Crippen molar-refractivity contribution in [2.24, 2.45) is 0 Å². The van der Waals surface area contributed by atoms with E-state index in [0.29, 0.717) is 27.6 Å². The number of hydrogen-bond acceptors (Lipinski definition) is 4. The van der Waals surface area contributed by atoms with Gasteiger partial charge in [0.2, 0.25) is 0 Å². The Labute approximate surface area is 237 Å². The van der Waals surface area contributed by atoms with Crippen molar-refractivity contribution in [3.05, 3.63) is 101 Å². The van der Waals surface area contributed by atoms with E-state index in [1.165, 1.54) is 24.3 Å². The number of amides is 1. The van der Waals surface area contributed by atoms with Crippen LogP contribution in [0.15, 0.2) is 72.9 Å². The van der Waals surface area contributed by atoms with Gasteiger partial charge in [-0.05, 0) is 47.0 Å². The number of nitrogens with one attached hydrogen (secondary N) is 1. The quantitative estimate of drug-likeness (QED) is 0.216. The van der Waals surface area contributed by atoms with Crippen LogP contribution in [0.1, 0.15) is 21.6 Å². The molecule has 2 N–H and O–H groups in total. The lowest BCUT2D eigenvalue weighted by molar-refractivity contribution is -0.274. The van der Waals surface area contributed by atoms with Crippen LogP contribution in [0.2, 0.25) is 5.02 Å². The Morgan fingerprint density at radius 3 is 2.07 bits per heavy atom. The summed E-state index contributed by atoms with van der Waals surface area (Å²) in [7, 11) is 0. The van der Waals surface area contributed by atoms with Gasteiger partial charge in [-0.15, -0.1) is 13.2 Å². The molecule has 3 aromatic carbocycles. The summed E-state index contributed by atoms with van der Waals surface area (Å²) in [6.07, 6.45) is -9.67. The first-order valence-electron chi connectivity index (χ1n) is 11.7. The molecule has 4 aromatic rings. The fraction of sp³-hybridized carbons (Fsp3) is 0.148. The molecule has 4 rings (SSSR count). The van der Waals surface area contributed by atoms with Crippen molar-refractivity contribution in [1.82, 2.24) is 15.1 Å². The number of rotatable bonds is 8. The minimum atomic E-state index is -5.12. The number of halogens is 8. The summed E-state index contributed by atoms with van der Waals surface area (Å²) in [5.74, 6) is -4.20. The van der Waals surface area contributed by atoms with Crippen molar-refractivity contribution in [3.63, 3.8) is 0 Å². The summed E-state index contributed by atoms with van der Waals surface area (Å²) in [5.41, 5.74) is -1.30. The zero-order valence-electron chi connectivity index (χ0n) is 20.8. The van der Waals surface area contributed by atoms with Gasteiger partial charge in [0.1, 0.15) is 17.6 Å². The molecule has 0 radical (unpaired) electrons. The van der Waals surface area contributed by atoms with Crippen molar-refractivity contribution in [2.45, 2.75) is 25.0 Å². The molecule has 1 amide bonds. The van der Waals surface area contributed by atoms with Gasteiger partial charge in [-0.2, -0.15) is 18.3 Å². The van der Waals surface area contributed by atoms with E-state index in [9.17, 15) is 45.4 Å². The third kappa shape index (κ3) is 7.18. The second-order valence-corrected chi connectivity index (χ2v) is 9.16. The fourth-order valence-electron chi connectivity index (χ4n) is 3.95. The summed E-state index contributed by atoms with van der Waals surface area (Å²) in [4.78, 5) is 24.7. The maximum Gasteiger partial charge on any atom is 0.573 e. The molecule has 0 unspecified atom stereocenters. The number of carbonyl (C=O) groups is 2. The average molecular weight is 616 g/mol. The lowest BCUT2D eigenvalue weighted by atomic mass is 10.0. The predicted molar refractivity (Wildman–Crippen MR) is 135 cm³/mol. The molecular formula is C27H17ClF7N3O4. The third-order valence-electron chi connectivity index (χ3n) is 5.85. The number of ether oxygens (including phenoxy) is 1. The highest BCUT2D eigenvalue weighted by molar-refractivity contribution is 6.30. The van der Waals surface area contributed by atoms with Gasteiger partial charge in [-0.25, -0.2) is 13.9 Å². The number of aliphatic carboxylic acids is 1. The Morgan fingerprint density at radius 1 is 0.952 bits per heavy atom. The van der Waals surface area contributed by atoms with Gasteiger partial charge in [0, 0.05) is 6.42 Å². The number of carboxylic acids is 1. The van der Waals surface area contributed by atoms with Crippen LogP contribution >= 0.6 is 11.6 Å². The van der Waals surface area contributed by atoms with Crippen LogP contribution in [-0.2, 0) is 17.4 Å². The number of nitrogens with zero attached hydrogens (tertiary/aromatic N) is 2. The van der Waals surface area contributed by atoms with E-state index in [-0.39, 0.29) is 12.1 Å². The number of alkyl halides is 6. The van der Waals surface area contributed by atoms with Crippen LogP contribution in [0.4, 0.5) is 30.7 Å². The lowest BCUT2D eigenvalue weighted by Gasteiger charge is -2.17. The Balaban J connectivity index is 1.52. The summed E-state index contributed by atoms with van der Waals surface area (Å²) in [6, 6.07) is 12.1. The summed E-state index contributed by atoms with van der Waals surface area (Å²) in [6.45, 7) is 0. The van der Waals surface area contributed by atoms with Gasteiger partial charge in [0.05, 0.1) is 22.5 Å².